The van der Waals surface area contributed by atoms with Crippen molar-refractivity contribution < 1.29 is 23.1 Å². The van der Waals surface area contributed by atoms with E-state index in [1.165, 1.54) is 12.1 Å². The monoisotopic (exact) mass is 472 g/mol. The molecular formula is C25H27F3N4O2. The number of aromatic nitrogens is 2. The summed E-state index contributed by atoms with van der Waals surface area (Å²) in [6.07, 6.45) is 0. The van der Waals surface area contributed by atoms with E-state index in [2.05, 4.69) is 15.3 Å². The third kappa shape index (κ3) is 3.68. The van der Waals surface area contributed by atoms with Gasteiger partial charge in [-0.3, -0.25) is 4.79 Å². The molecule has 4 rings (SSSR count). The summed E-state index contributed by atoms with van der Waals surface area (Å²) in [6, 6.07) is 6.66. The quantitative estimate of drug-likeness (QED) is 0.534. The van der Waals surface area contributed by atoms with Crippen LogP contribution in [0.15, 0.2) is 30.3 Å². The van der Waals surface area contributed by atoms with E-state index in [1.54, 1.807) is 25.8 Å². The van der Waals surface area contributed by atoms with Crippen LogP contribution < -0.4 is 10.2 Å². The van der Waals surface area contributed by atoms with E-state index in [0.29, 0.717) is 22.5 Å². The Morgan fingerprint density at radius 1 is 1.21 bits per heavy atom. The number of amides is 1. The molecule has 2 aromatic carbocycles. The zero-order valence-corrected chi connectivity index (χ0v) is 19.9. The number of nitrogens with one attached hydrogen (secondary N) is 1. The van der Waals surface area contributed by atoms with E-state index in [9.17, 15) is 18.7 Å². The number of aryl methyl sites for hydroxylation is 1. The van der Waals surface area contributed by atoms with Crippen LogP contribution in [0.4, 0.5) is 24.7 Å². The van der Waals surface area contributed by atoms with Gasteiger partial charge in [-0.25, -0.2) is 14.4 Å². The van der Waals surface area contributed by atoms with Crippen LogP contribution in [-0.2, 0) is 10.7 Å². The van der Waals surface area contributed by atoms with Gasteiger partial charge in [0.15, 0.2) is 0 Å². The lowest BCUT2D eigenvalue weighted by Crippen LogP contribution is -2.41. The number of fused-ring (bicyclic) bond motifs is 2. The fourth-order valence-electron chi connectivity index (χ4n) is 4.33. The molecule has 0 spiro atoms. The molecular weight excluding hydrogens is 445 g/mol. The van der Waals surface area contributed by atoms with Gasteiger partial charge < -0.3 is 15.3 Å². The lowest BCUT2D eigenvalue weighted by atomic mass is 9.91. The number of hydrogen-bond donors (Lipinski definition) is 2. The largest absolute Gasteiger partial charge is 0.384 e. The predicted octanol–water partition coefficient (Wildman–Crippen LogP) is 5.19. The summed E-state index contributed by atoms with van der Waals surface area (Å²) in [7, 11) is 1.70. The molecule has 6 nitrogen and oxygen atoms in total. The number of aliphatic hydroxyl groups is 1. The van der Waals surface area contributed by atoms with Crippen LogP contribution in [0.5, 0.6) is 0 Å². The lowest BCUT2D eigenvalue weighted by Gasteiger charge is -2.30. The fraction of sp³-hybridized carbons (Fsp3) is 0.400. The Morgan fingerprint density at radius 3 is 2.53 bits per heavy atom. The van der Waals surface area contributed by atoms with Crippen molar-refractivity contribution in [2.45, 2.75) is 58.1 Å². The van der Waals surface area contributed by atoms with Gasteiger partial charge >= 0.3 is 5.92 Å². The first kappa shape index (κ1) is 23.9. The number of alkyl halides is 2. The molecule has 2 N–H and O–H groups in total. The molecule has 1 aliphatic heterocycles. The molecule has 0 saturated heterocycles. The number of nitrogens with zero attached hydrogens (tertiary/aromatic N) is 3. The molecule has 1 amide bonds. The van der Waals surface area contributed by atoms with Crippen LogP contribution in [0.1, 0.15) is 62.2 Å². The smallest absolute Gasteiger partial charge is 0.303 e. The highest BCUT2D eigenvalue weighted by Gasteiger charge is 2.49. The second kappa shape index (κ2) is 7.94. The number of hydrogen-bond acceptors (Lipinski definition) is 5. The molecule has 3 aromatic rings. The number of carbonyl (C=O) groups is 1. The number of benzene rings is 2. The second-order valence-corrected chi connectivity index (χ2v) is 9.37. The highest BCUT2D eigenvalue weighted by atomic mass is 19.3. The van der Waals surface area contributed by atoms with Gasteiger partial charge in [0.1, 0.15) is 23.1 Å². The standard InChI is InChI=1S/C25H27F3N4O2/c1-12-16-10-19-17(11-20(16)32(6)23(12)33)22(31-14(3)30-19)29-13(2)15-8-7-9-18(21(15)26)25(27,28)24(4,5)34/h7-13,34H,1-6H3,(H,29,30,31)/t12-,13?/m0/s1. The third-order valence-corrected chi connectivity index (χ3v) is 6.44. The van der Waals surface area contributed by atoms with Gasteiger partial charge in [0, 0.05) is 23.7 Å². The first-order valence-corrected chi connectivity index (χ1v) is 11.0. The maximum Gasteiger partial charge on any atom is 0.303 e. The molecule has 9 heteroatoms. The van der Waals surface area contributed by atoms with Gasteiger partial charge in [0.05, 0.1) is 23.0 Å². The van der Waals surface area contributed by atoms with Gasteiger partial charge in [0.25, 0.3) is 0 Å². The molecule has 1 unspecified atom stereocenters. The topological polar surface area (TPSA) is 78.4 Å². The Labute approximate surface area is 195 Å². The SMILES string of the molecule is Cc1nc(NC(C)c2cccc(C(F)(F)C(C)(C)O)c2F)c2cc3c(cc2n1)[C@H](C)C(=O)N3C. The Bertz CT molecular complexity index is 1300. The number of anilines is 2. The number of carbonyl (C=O) groups excluding carboxylic acids is 1. The van der Waals surface area contributed by atoms with Crippen LogP contribution in [0, 0.1) is 12.7 Å². The molecule has 2 heterocycles. The molecule has 0 aliphatic carbocycles. The van der Waals surface area contributed by atoms with Crippen LogP contribution in [-0.4, -0.2) is 33.6 Å². The summed E-state index contributed by atoms with van der Waals surface area (Å²) in [4.78, 5) is 23.0. The zero-order chi connectivity index (χ0) is 25.2. The maximum atomic E-state index is 15.3. The average Bonchev–Trinajstić information content (AvgIpc) is 2.95. The van der Waals surface area contributed by atoms with Gasteiger partial charge in [-0.2, -0.15) is 8.78 Å². The lowest BCUT2D eigenvalue weighted by molar-refractivity contribution is -0.170. The summed E-state index contributed by atoms with van der Waals surface area (Å²) < 4.78 is 44.7. The van der Waals surface area contributed by atoms with Crippen molar-refractivity contribution in [3.63, 3.8) is 0 Å². The van der Waals surface area contributed by atoms with E-state index < -0.39 is 28.9 Å². The van der Waals surface area contributed by atoms with Crippen molar-refractivity contribution in [3.8, 4) is 0 Å². The summed E-state index contributed by atoms with van der Waals surface area (Å²) in [5.41, 5.74) is -1.08. The van der Waals surface area contributed by atoms with Gasteiger partial charge in [-0.1, -0.05) is 12.1 Å². The number of rotatable bonds is 5. The van der Waals surface area contributed by atoms with E-state index in [4.69, 9.17) is 0 Å². The van der Waals surface area contributed by atoms with E-state index in [0.717, 1.165) is 31.2 Å². The zero-order valence-electron chi connectivity index (χ0n) is 19.9. The summed E-state index contributed by atoms with van der Waals surface area (Å²) >= 11 is 0. The second-order valence-electron chi connectivity index (χ2n) is 9.37. The Hall–Kier alpha value is -3.20. The minimum absolute atomic E-state index is 0.00733. The minimum atomic E-state index is -3.79. The molecule has 0 saturated carbocycles. The highest BCUT2D eigenvalue weighted by Crippen LogP contribution is 2.42. The molecule has 1 aromatic heterocycles. The van der Waals surface area contributed by atoms with E-state index in [-0.39, 0.29) is 17.4 Å². The minimum Gasteiger partial charge on any atom is -0.384 e. The van der Waals surface area contributed by atoms with Gasteiger partial charge in [0.2, 0.25) is 5.91 Å². The van der Waals surface area contributed by atoms with Gasteiger partial charge in [-0.15, -0.1) is 0 Å². The summed E-state index contributed by atoms with van der Waals surface area (Å²) in [5.74, 6) is -4.33. The molecule has 2 atom stereocenters. The first-order valence-electron chi connectivity index (χ1n) is 11.0. The molecule has 0 bridgehead atoms. The number of halogens is 3. The van der Waals surface area contributed by atoms with Crippen molar-refractivity contribution in [2.75, 3.05) is 17.3 Å². The van der Waals surface area contributed by atoms with Crippen molar-refractivity contribution in [2.24, 2.45) is 0 Å². The van der Waals surface area contributed by atoms with Crippen molar-refractivity contribution in [1.82, 2.24) is 9.97 Å². The Balaban J connectivity index is 1.77. The molecule has 180 valence electrons. The van der Waals surface area contributed by atoms with Crippen LogP contribution in [0.3, 0.4) is 0 Å². The molecule has 34 heavy (non-hydrogen) atoms. The predicted molar refractivity (Wildman–Crippen MR) is 125 cm³/mol. The molecule has 1 aliphatic rings. The third-order valence-electron chi connectivity index (χ3n) is 6.44. The van der Waals surface area contributed by atoms with Crippen LogP contribution in [0.2, 0.25) is 0 Å². The van der Waals surface area contributed by atoms with E-state index >= 15 is 4.39 Å². The van der Waals surface area contributed by atoms with Crippen LogP contribution >= 0.6 is 0 Å². The fourth-order valence-corrected chi connectivity index (χ4v) is 4.33. The Kier molecular flexibility index (Phi) is 5.59. The van der Waals surface area contributed by atoms with Crippen molar-refractivity contribution in [1.29, 1.82) is 0 Å². The van der Waals surface area contributed by atoms with Crippen molar-refractivity contribution >= 4 is 28.3 Å². The normalized spacial score (nSPS) is 17.3. The molecule has 0 radical (unpaired) electrons. The summed E-state index contributed by atoms with van der Waals surface area (Å²) in [5, 5.41) is 13.7. The van der Waals surface area contributed by atoms with Crippen molar-refractivity contribution in [3.05, 3.63) is 58.7 Å². The van der Waals surface area contributed by atoms with Gasteiger partial charge in [-0.05, 0) is 58.4 Å². The maximum absolute atomic E-state index is 15.3. The summed E-state index contributed by atoms with van der Waals surface area (Å²) in [6.45, 7) is 7.08. The first-order chi connectivity index (χ1) is 15.7. The highest BCUT2D eigenvalue weighted by molar-refractivity contribution is 6.07. The van der Waals surface area contributed by atoms with Crippen LogP contribution in [0.25, 0.3) is 10.9 Å². The number of likely N-dealkylation sites (N-methyl/N-ethyl adjacent to an activating group) is 1. The average molecular weight is 473 g/mol. The van der Waals surface area contributed by atoms with E-state index in [1.807, 2.05) is 19.1 Å². The molecule has 0 fully saturated rings. The Morgan fingerprint density at radius 2 is 1.88 bits per heavy atom.